The fourth-order valence-electron chi connectivity index (χ4n) is 2.41. The molecule has 6 heteroatoms. The average molecular weight is 279 g/mol. The molecule has 0 aliphatic carbocycles. The lowest BCUT2D eigenvalue weighted by atomic mass is 10.0. The summed E-state index contributed by atoms with van der Waals surface area (Å²) < 4.78 is 5.27. The van der Waals surface area contributed by atoms with Crippen LogP contribution >= 0.6 is 12.4 Å². The van der Waals surface area contributed by atoms with Gasteiger partial charge in [-0.05, 0) is 18.8 Å². The Balaban J connectivity index is 0.00000162. The van der Waals surface area contributed by atoms with E-state index in [4.69, 9.17) is 4.74 Å². The molecule has 3 atom stereocenters. The summed E-state index contributed by atoms with van der Waals surface area (Å²) in [5, 5.41) is 15.6. The third kappa shape index (κ3) is 4.72. The standard InChI is InChI=1S/C12H22N2O3.ClH/c15-11-7-13-5-10(11)6-14-12(16)2-1-9-3-4-17-8-9;/h9-11,13,15H,1-8H2,(H,14,16);1H. The topological polar surface area (TPSA) is 70.6 Å². The molecule has 0 saturated carbocycles. The van der Waals surface area contributed by atoms with Crippen LogP contribution in [0.25, 0.3) is 0 Å². The largest absolute Gasteiger partial charge is 0.391 e. The van der Waals surface area contributed by atoms with Crippen molar-refractivity contribution in [1.82, 2.24) is 10.6 Å². The molecule has 2 saturated heterocycles. The number of aliphatic hydroxyl groups is 1. The fourth-order valence-corrected chi connectivity index (χ4v) is 2.41. The van der Waals surface area contributed by atoms with Crippen molar-refractivity contribution in [1.29, 1.82) is 0 Å². The maximum Gasteiger partial charge on any atom is 0.220 e. The second-order valence-electron chi connectivity index (χ2n) is 5.06. The first kappa shape index (κ1) is 15.7. The SMILES string of the molecule is Cl.O=C(CCC1CCOC1)NCC1CNCC1O. The highest BCUT2D eigenvalue weighted by Gasteiger charge is 2.25. The number of carbonyl (C=O) groups excluding carboxylic acids is 1. The quantitative estimate of drug-likeness (QED) is 0.658. The minimum Gasteiger partial charge on any atom is -0.391 e. The zero-order valence-corrected chi connectivity index (χ0v) is 11.4. The maximum atomic E-state index is 11.6. The monoisotopic (exact) mass is 278 g/mol. The Morgan fingerprint density at radius 2 is 2.28 bits per heavy atom. The molecule has 1 amide bonds. The number of carbonyl (C=O) groups is 1. The Morgan fingerprint density at radius 1 is 1.44 bits per heavy atom. The van der Waals surface area contributed by atoms with Crippen LogP contribution in [0.4, 0.5) is 0 Å². The van der Waals surface area contributed by atoms with Crippen molar-refractivity contribution in [3.8, 4) is 0 Å². The van der Waals surface area contributed by atoms with E-state index in [-0.39, 0.29) is 30.3 Å². The van der Waals surface area contributed by atoms with Crippen LogP contribution in [0.3, 0.4) is 0 Å². The highest BCUT2D eigenvalue weighted by Crippen LogP contribution is 2.17. The van der Waals surface area contributed by atoms with Crippen LogP contribution in [0.1, 0.15) is 19.3 Å². The van der Waals surface area contributed by atoms with E-state index in [0.29, 0.717) is 25.4 Å². The van der Waals surface area contributed by atoms with Crippen molar-refractivity contribution in [2.45, 2.75) is 25.4 Å². The van der Waals surface area contributed by atoms with Gasteiger partial charge in [0.2, 0.25) is 5.91 Å². The smallest absolute Gasteiger partial charge is 0.220 e. The predicted octanol–water partition coefficient (Wildman–Crippen LogP) is -0.0786. The molecule has 2 heterocycles. The summed E-state index contributed by atoms with van der Waals surface area (Å²) in [5.41, 5.74) is 0. The van der Waals surface area contributed by atoms with Gasteiger partial charge in [-0.1, -0.05) is 0 Å². The Kier molecular flexibility index (Phi) is 6.92. The molecule has 106 valence electrons. The molecule has 18 heavy (non-hydrogen) atoms. The lowest BCUT2D eigenvalue weighted by Crippen LogP contribution is -2.34. The van der Waals surface area contributed by atoms with E-state index < -0.39 is 0 Å². The van der Waals surface area contributed by atoms with Gasteiger partial charge in [0, 0.05) is 45.2 Å². The van der Waals surface area contributed by atoms with Gasteiger partial charge >= 0.3 is 0 Å². The van der Waals surface area contributed by atoms with E-state index >= 15 is 0 Å². The van der Waals surface area contributed by atoms with Crippen LogP contribution in [0, 0.1) is 11.8 Å². The summed E-state index contributed by atoms with van der Waals surface area (Å²) in [7, 11) is 0. The molecule has 0 radical (unpaired) electrons. The van der Waals surface area contributed by atoms with Crippen LogP contribution < -0.4 is 10.6 Å². The fraction of sp³-hybridized carbons (Fsp3) is 0.917. The molecule has 3 N–H and O–H groups in total. The molecule has 5 nitrogen and oxygen atoms in total. The van der Waals surface area contributed by atoms with Crippen LogP contribution in [-0.2, 0) is 9.53 Å². The van der Waals surface area contributed by atoms with Crippen LogP contribution in [-0.4, -0.2) is 50.0 Å². The zero-order chi connectivity index (χ0) is 12.1. The normalized spacial score (nSPS) is 31.1. The zero-order valence-electron chi connectivity index (χ0n) is 10.6. The number of hydrogen-bond acceptors (Lipinski definition) is 4. The Bertz CT molecular complexity index is 260. The van der Waals surface area contributed by atoms with Crippen molar-refractivity contribution in [2.24, 2.45) is 11.8 Å². The molecule has 0 spiro atoms. The summed E-state index contributed by atoms with van der Waals surface area (Å²) in [6.07, 6.45) is 2.25. The van der Waals surface area contributed by atoms with Gasteiger partial charge in [0.1, 0.15) is 0 Å². The number of nitrogens with one attached hydrogen (secondary N) is 2. The average Bonchev–Trinajstić information content (AvgIpc) is 2.95. The number of hydrogen-bond donors (Lipinski definition) is 3. The third-order valence-electron chi connectivity index (χ3n) is 3.67. The number of rotatable bonds is 5. The van der Waals surface area contributed by atoms with E-state index in [0.717, 1.165) is 32.6 Å². The molecule has 0 aromatic carbocycles. The van der Waals surface area contributed by atoms with Gasteiger partial charge in [-0.3, -0.25) is 4.79 Å². The van der Waals surface area contributed by atoms with Crippen molar-refractivity contribution in [3.05, 3.63) is 0 Å². The highest BCUT2D eigenvalue weighted by molar-refractivity contribution is 5.85. The number of amides is 1. The highest BCUT2D eigenvalue weighted by atomic mass is 35.5. The van der Waals surface area contributed by atoms with Gasteiger partial charge in [0.15, 0.2) is 0 Å². The summed E-state index contributed by atoms with van der Waals surface area (Å²) in [6, 6.07) is 0. The van der Waals surface area contributed by atoms with Crippen molar-refractivity contribution >= 4 is 18.3 Å². The molecule has 2 fully saturated rings. The second-order valence-corrected chi connectivity index (χ2v) is 5.06. The van der Waals surface area contributed by atoms with Crippen LogP contribution in [0.5, 0.6) is 0 Å². The minimum atomic E-state index is -0.321. The summed E-state index contributed by atoms with van der Waals surface area (Å²) in [6.45, 7) is 3.65. The van der Waals surface area contributed by atoms with E-state index in [9.17, 15) is 9.90 Å². The van der Waals surface area contributed by atoms with Gasteiger partial charge in [-0.15, -0.1) is 12.4 Å². The first-order valence-corrected chi connectivity index (χ1v) is 6.49. The van der Waals surface area contributed by atoms with E-state index in [1.807, 2.05) is 0 Å². The Labute approximate surface area is 114 Å². The van der Waals surface area contributed by atoms with E-state index in [1.54, 1.807) is 0 Å². The van der Waals surface area contributed by atoms with Crippen LogP contribution in [0.15, 0.2) is 0 Å². The van der Waals surface area contributed by atoms with Crippen molar-refractivity contribution < 1.29 is 14.6 Å². The third-order valence-corrected chi connectivity index (χ3v) is 3.67. The summed E-state index contributed by atoms with van der Waals surface area (Å²) >= 11 is 0. The van der Waals surface area contributed by atoms with Crippen molar-refractivity contribution in [2.75, 3.05) is 32.8 Å². The molecule has 0 aromatic heterocycles. The molecule has 2 aliphatic rings. The predicted molar refractivity (Wildman–Crippen MR) is 70.8 cm³/mol. The van der Waals surface area contributed by atoms with E-state index in [1.165, 1.54) is 0 Å². The molecule has 2 aliphatic heterocycles. The molecule has 0 bridgehead atoms. The Morgan fingerprint density at radius 3 is 2.89 bits per heavy atom. The maximum absolute atomic E-state index is 11.6. The minimum absolute atomic E-state index is 0. The first-order chi connectivity index (χ1) is 8.25. The van der Waals surface area contributed by atoms with Gasteiger partial charge < -0.3 is 20.5 Å². The summed E-state index contributed by atoms with van der Waals surface area (Å²) in [4.78, 5) is 11.6. The first-order valence-electron chi connectivity index (χ1n) is 6.49. The number of halogens is 1. The van der Waals surface area contributed by atoms with Gasteiger partial charge in [-0.2, -0.15) is 0 Å². The number of ether oxygens (including phenoxy) is 1. The second kappa shape index (κ2) is 7.94. The van der Waals surface area contributed by atoms with Gasteiger partial charge in [0.25, 0.3) is 0 Å². The summed E-state index contributed by atoms with van der Waals surface area (Å²) in [5.74, 6) is 0.809. The molecule has 2 rings (SSSR count). The van der Waals surface area contributed by atoms with Crippen molar-refractivity contribution in [3.63, 3.8) is 0 Å². The Hall–Kier alpha value is -0.360. The molecular weight excluding hydrogens is 256 g/mol. The number of β-amino-alcohol motifs (C(OH)–C–C–N with tert-alkyl or cyclic N) is 1. The van der Waals surface area contributed by atoms with Crippen LogP contribution in [0.2, 0.25) is 0 Å². The lowest BCUT2D eigenvalue weighted by Gasteiger charge is -2.14. The molecule has 0 aromatic rings. The molecular formula is C12H23ClN2O3. The number of aliphatic hydroxyl groups excluding tert-OH is 1. The van der Waals surface area contributed by atoms with Gasteiger partial charge in [0.05, 0.1) is 6.10 Å². The molecule has 3 unspecified atom stereocenters. The lowest BCUT2D eigenvalue weighted by molar-refractivity contribution is -0.121. The van der Waals surface area contributed by atoms with Gasteiger partial charge in [-0.25, -0.2) is 0 Å². The van der Waals surface area contributed by atoms with E-state index in [2.05, 4.69) is 10.6 Å².